The van der Waals surface area contributed by atoms with Crippen molar-refractivity contribution >= 4 is 11.7 Å². The van der Waals surface area contributed by atoms with Crippen molar-refractivity contribution in [1.29, 1.82) is 0 Å². The monoisotopic (exact) mass is 415 g/mol. The molecule has 0 aliphatic heterocycles. The predicted octanol–water partition coefficient (Wildman–Crippen LogP) is 5.06. The Balaban J connectivity index is 1.57. The molecule has 0 atom stereocenters. The van der Waals surface area contributed by atoms with Crippen LogP contribution in [0.25, 0.3) is 11.3 Å². The Morgan fingerprint density at radius 1 is 1.03 bits per heavy atom. The number of halogens is 1. The maximum atomic E-state index is 13.4. The van der Waals surface area contributed by atoms with Crippen molar-refractivity contribution < 1.29 is 13.9 Å². The standard InChI is InChI=1S/C25H22FN3O2/c1-18-6-5-9-22(14-18)31-16-23(30)28-25-24(20-10-12-21(26)13-11-20)27-17-29(25)15-19-7-3-2-4-8-19/h2-14,17H,15-16H2,1H3,(H,28,30). The molecule has 1 heterocycles. The fraction of sp³-hybridized carbons (Fsp3) is 0.120. The van der Waals surface area contributed by atoms with Crippen molar-refractivity contribution in [2.45, 2.75) is 13.5 Å². The van der Waals surface area contributed by atoms with Gasteiger partial charge >= 0.3 is 0 Å². The van der Waals surface area contributed by atoms with E-state index < -0.39 is 0 Å². The summed E-state index contributed by atoms with van der Waals surface area (Å²) in [5.41, 5.74) is 3.40. The van der Waals surface area contributed by atoms with Crippen molar-refractivity contribution in [2.24, 2.45) is 0 Å². The normalized spacial score (nSPS) is 10.6. The number of carbonyl (C=O) groups is 1. The molecule has 4 aromatic rings. The van der Waals surface area contributed by atoms with Gasteiger partial charge in [0.2, 0.25) is 0 Å². The molecule has 3 aromatic carbocycles. The average molecular weight is 415 g/mol. The third-order valence-electron chi connectivity index (χ3n) is 4.77. The van der Waals surface area contributed by atoms with Crippen LogP contribution < -0.4 is 10.1 Å². The zero-order valence-electron chi connectivity index (χ0n) is 17.1. The number of hydrogen-bond donors (Lipinski definition) is 1. The molecular weight excluding hydrogens is 393 g/mol. The Bertz CT molecular complexity index is 1170. The first-order valence-electron chi connectivity index (χ1n) is 9.93. The van der Waals surface area contributed by atoms with Gasteiger partial charge in [0.25, 0.3) is 5.91 Å². The Labute approximate surface area is 180 Å². The maximum Gasteiger partial charge on any atom is 0.263 e. The van der Waals surface area contributed by atoms with Gasteiger partial charge in [0.05, 0.1) is 12.9 Å². The lowest BCUT2D eigenvalue weighted by Gasteiger charge is -2.13. The van der Waals surface area contributed by atoms with Crippen molar-refractivity contribution in [3.05, 3.63) is 102 Å². The lowest BCUT2D eigenvalue weighted by molar-refractivity contribution is -0.118. The lowest BCUT2D eigenvalue weighted by atomic mass is 10.1. The summed E-state index contributed by atoms with van der Waals surface area (Å²) in [6.45, 7) is 2.36. The highest BCUT2D eigenvalue weighted by atomic mass is 19.1. The highest BCUT2D eigenvalue weighted by molar-refractivity contribution is 5.94. The molecule has 0 saturated carbocycles. The number of imidazole rings is 1. The molecule has 31 heavy (non-hydrogen) atoms. The molecule has 0 aliphatic carbocycles. The summed E-state index contributed by atoms with van der Waals surface area (Å²) in [5.74, 6) is 0.532. The number of amides is 1. The number of anilines is 1. The Hall–Kier alpha value is -3.93. The van der Waals surface area contributed by atoms with Gasteiger partial charge in [-0.05, 0) is 54.4 Å². The second-order valence-corrected chi connectivity index (χ2v) is 7.22. The van der Waals surface area contributed by atoms with Crippen LogP contribution in [0.5, 0.6) is 5.75 Å². The van der Waals surface area contributed by atoms with Crippen LogP contribution in [0, 0.1) is 12.7 Å². The minimum absolute atomic E-state index is 0.136. The van der Waals surface area contributed by atoms with E-state index in [1.165, 1.54) is 12.1 Å². The number of rotatable bonds is 7. The Morgan fingerprint density at radius 2 is 1.81 bits per heavy atom. The number of ether oxygens (including phenoxy) is 1. The highest BCUT2D eigenvalue weighted by Gasteiger charge is 2.16. The Morgan fingerprint density at radius 3 is 2.55 bits per heavy atom. The average Bonchev–Trinajstić information content (AvgIpc) is 3.15. The van der Waals surface area contributed by atoms with Crippen molar-refractivity contribution in [3.63, 3.8) is 0 Å². The molecule has 0 fully saturated rings. The molecule has 156 valence electrons. The fourth-order valence-corrected chi connectivity index (χ4v) is 3.25. The summed E-state index contributed by atoms with van der Waals surface area (Å²) in [5, 5.41) is 2.92. The highest BCUT2D eigenvalue weighted by Crippen LogP contribution is 2.28. The van der Waals surface area contributed by atoms with Crippen LogP contribution >= 0.6 is 0 Å². The minimum Gasteiger partial charge on any atom is -0.484 e. The molecule has 0 radical (unpaired) electrons. The van der Waals surface area contributed by atoms with Gasteiger partial charge in [0.15, 0.2) is 6.61 Å². The van der Waals surface area contributed by atoms with Crippen molar-refractivity contribution in [1.82, 2.24) is 9.55 Å². The van der Waals surface area contributed by atoms with Crippen LogP contribution in [0.3, 0.4) is 0 Å². The molecule has 1 N–H and O–H groups in total. The summed E-state index contributed by atoms with van der Waals surface area (Å²) in [7, 11) is 0. The minimum atomic E-state index is -0.329. The molecule has 6 heteroatoms. The number of nitrogens with one attached hydrogen (secondary N) is 1. The van der Waals surface area contributed by atoms with Crippen LogP contribution in [0.2, 0.25) is 0 Å². The van der Waals surface area contributed by atoms with E-state index in [0.29, 0.717) is 29.4 Å². The quantitative estimate of drug-likeness (QED) is 0.459. The first-order valence-corrected chi connectivity index (χ1v) is 9.93. The first-order chi connectivity index (χ1) is 15.1. The van der Waals surface area contributed by atoms with Crippen LogP contribution in [-0.4, -0.2) is 22.1 Å². The number of carbonyl (C=O) groups excluding carboxylic acids is 1. The molecule has 4 rings (SSSR count). The summed E-state index contributed by atoms with van der Waals surface area (Å²) >= 11 is 0. The van der Waals surface area contributed by atoms with E-state index >= 15 is 0 Å². The molecule has 5 nitrogen and oxygen atoms in total. The summed E-state index contributed by atoms with van der Waals surface area (Å²) in [6, 6.07) is 23.4. The van der Waals surface area contributed by atoms with Gasteiger partial charge < -0.3 is 14.6 Å². The van der Waals surface area contributed by atoms with E-state index in [4.69, 9.17) is 4.74 Å². The largest absolute Gasteiger partial charge is 0.484 e. The number of aromatic nitrogens is 2. The molecule has 0 unspecified atom stereocenters. The van der Waals surface area contributed by atoms with Crippen molar-refractivity contribution in [2.75, 3.05) is 11.9 Å². The zero-order valence-corrected chi connectivity index (χ0v) is 17.1. The molecule has 0 spiro atoms. The molecule has 0 saturated heterocycles. The van der Waals surface area contributed by atoms with Crippen LogP contribution in [-0.2, 0) is 11.3 Å². The van der Waals surface area contributed by atoms with Gasteiger partial charge in [-0.2, -0.15) is 0 Å². The predicted molar refractivity (Wildman–Crippen MR) is 118 cm³/mol. The zero-order chi connectivity index (χ0) is 21.6. The maximum absolute atomic E-state index is 13.4. The molecule has 1 aromatic heterocycles. The summed E-state index contributed by atoms with van der Waals surface area (Å²) in [6.07, 6.45) is 1.67. The van der Waals surface area contributed by atoms with Gasteiger partial charge in [-0.3, -0.25) is 4.79 Å². The number of hydrogen-bond acceptors (Lipinski definition) is 3. The Kier molecular flexibility index (Phi) is 6.08. The van der Waals surface area contributed by atoms with Gasteiger partial charge in [0, 0.05) is 5.56 Å². The number of benzene rings is 3. The van der Waals surface area contributed by atoms with E-state index in [9.17, 15) is 9.18 Å². The smallest absolute Gasteiger partial charge is 0.263 e. The van der Waals surface area contributed by atoms with Gasteiger partial charge in [-0.25, -0.2) is 9.37 Å². The lowest BCUT2D eigenvalue weighted by Crippen LogP contribution is -2.22. The van der Waals surface area contributed by atoms with E-state index in [1.54, 1.807) is 18.5 Å². The van der Waals surface area contributed by atoms with E-state index in [2.05, 4.69) is 10.3 Å². The third-order valence-corrected chi connectivity index (χ3v) is 4.77. The number of aryl methyl sites for hydroxylation is 1. The third kappa shape index (κ3) is 5.17. The second kappa shape index (κ2) is 9.26. The second-order valence-electron chi connectivity index (χ2n) is 7.22. The SMILES string of the molecule is Cc1cccc(OCC(=O)Nc2c(-c3ccc(F)cc3)ncn2Cc2ccccc2)c1. The van der Waals surface area contributed by atoms with E-state index in [1.807, 2.05) is 66.1 Å². The van der Waals surface area contributed by atoms with Gasteiger partial charge in [0.1, 0.15) is 23.1 Å². The molecule has 1 amide bonds. The van der Waals surface area contributed by atoms with E-state index in [0.717, 1.165) is 11.1 Å². The number of nitrogens with zero attached hydrogens (tertiary/aromatic N) is 2. The van der Waals surface area contributed by atoms with Crippen molar-refractivity contribution in [3.8, 4) is 17.0 Å². The molecule has 0 aliphatic rings. The van der Waals surface area contributed by atoms with Gasteiger partial charge in [-0.15, -0.1) is 0 Å². The molecular formula is C25H22FN3O2. The summed E-state index contributed by atoms with van der Waals surface area (Å²) < 4.78 is 20.9. The van der Waals surface area contributed by atoms with Gasteiger partial charge in [-0.1, -0.05) is 42.5 Å². The fourth-order valence-electron chi connectivity index (χ4n) is 3.25. The topological polar surface area (TPSA) is 56.1 Å². The van der Waals surface area contributed by atoms with E-state index in [-0.39, 0.29) is 18.3 Å². The molecule has 0 bridgehead atoms. The van der Waals surface area contributed by atoms with Crippen LogP contribution in [0.15, 0.2) is 85.2 Å². The van der Waals surface area contributed by atoms with Crippen LogP contribution in [0.1, 0.15) is 11.1 Å². The first kappa shape index (κ1) is 20.3. The van der Waals surface area contributed by atoms with Crippen LogP contribution in [0.4, 0.5) is 10.2 Å². The summed E-state index contributed by atoms with van der Waals surface area (Å²) in [4.78, 5) is 17.2.